The van der Waals surface area contributed by atoms with Crippen molar-refractivity contribution in [2.75, 3.05) is 13.1 Å². The van der Waals surface area contributed by atoms with Gasteiger partial charge in [-0.3, -0.25) is 4.79 Å². The first kappa shape index (κ1) is 26.5. The first-order chi connectivity index (χ1) is 18.0. The molecule has 7 nitrogen and oxygen atoms in total. The minimum Gasteiger partial charge on any atom is -0.382 e. The maximum atomic E-state index is 12.9. The van der Waals surface area contributed by atoms with Crippen LogP contribution in [0.25, 0.3) is 11.3 Å². The number of benzene rings is 2. The van der Waals surface area contributed by atoms with E-state index in [4.69, 9.17) is 11.6 Å². The van der Waals surface area contributed by atoms with E-state index < -0.39 is 21.4 Å². The van der Waals surface area contributed by atoms with Crippen LogP contribution >= 0.6 is 22.9 Å². The third kappa shape index (κ3) is 5.26. The number of halogens is 4. The standard InChI is InChI=1S/C25H20ClF3N4O3S2/c26-17-4-1-15(2-5-17)23(24-30-9-12-37-24)16-3-6-20-19(13-16)21(14-22(34)32-20)31-18-7-10-33(11-8-18)38(35,36)25(27,28)29/h1-6,9,12-14,18,31H,7-8,10-11H2/b23-16-. The number of rotatable bonds is 5. The lowest BCUT2D eigenvalue weighted by molar-refractivity contribution is -0.113. The van der Waals surface area contributed by atoms with Gasteiger partial charge in [0.15, 0.2) is 0 Å². The summed E-state index contributed by atoms with van der Waals surface area (Å²) in [7, 11) is -5.37. The number of fused-ring (bicyclic) bond motifs is 1. The highest BCUT2D eigenvalue weighted by molar-refractivity contribution is 7.90. The fourth-order valence-corrected chi connectivity index (χ4v) is 6.30. The predicted octanol–water partition coefficient (Wildman–Crippen LogP) is 3.45. The smallest absolute Gasteiger partial charge is 0.382 e. The number of aromatic nitrogens is 1. The molecule has 0 unspecified atom stereocenters. The number of thiazole rings is 1. The van der Waals surface area contributed by atoms with E-state index in [2.05, 4.69) is 15.3 Å². The van der Waals surface area contributed by atoms with E-state index in [0.29, 0.717) is 25.9 Å². The Bertz CT molecular complexity index is 1630. The number of carbonyl (C=O) groups is 1. The lowest BCUT2D eigenvalue weighted by Crippen LogP contribution is -2.48. The lowest BCUT2D eigenvalue weighted by Gasteiger charge is -2.33. The Morgan fingerprint density at radius 2 is 1.82 bits per heavy atom. The summed E-state index contributed by atoms with van der Waals surface area (Å²) >= 11 is 7.56. The SMILES string of the molecule is O=C1C=C(NC2CCN(S(=O)(=O)C(F)(F)F)CC2)c2c/c(=C(/c3ccc(Cl)cc3)c3nccs3)ccc2=N1. The molecule has 0 saturated carbocycles. The van der Waals surface area contributed by atoms with Gasteiger partial charge in [-0.25, -0.2) is 18.4 Å². The van der Waals surface area contributed by atoms with Crippen LogP contribution in [0.4, 0.5) is 13.2 Å². The average Bonchev–Trinajstić information content (AvgIpc) is 3.40. The second-order valence-electron chi connectivity index (χ2n) is 8.73. The molecule has 38 heavy (non-hydrogen) atoms. The minimum absolute atomic E-state index is 0.147. The monoisotopic (exact) mass is 580 g/mol. The summed E-state index contributed by atoms with van der Waals surface area (Å²) in [5.41, 5.74) is -2.45. The Morgan fingerprint density at radius 1 is 1.11 bits per heavy atom. The maximum absolute atomic E-state index is 12.9. The molecule has 1 N–H and O–H groups in total. The number of carbonyl (C=O) groups excluding carboxylic acids is 1. The van der Waals surface area contributed by atoms with Gasteiger partial charge in [0.05, 0.1) is 5.36 Å². The summed E-state index contributed by atoms with van der Waals surface area (Å²) in [5, 5.41) is 7.77. The van der Waals surface area contributed by atoms with Gasteiger partial charge in [0.25, 0.3) is 5.91 Å². The summed E-state index contributed by atoms with van der Waals surface area (Å²) < 4.78 is 62.7. The van der Waals surface area contributed by atoms with E-state index in [1.54, 1.807) is 24.4 Å². The topological polar surface area (TPSA) is 91.7 Å². The van der Waals surface area contributed by atoms with E-state index in [1.807, 2.05) is 29.6 Å². The van der Waals surface area contributed by atoms with Gasteiger partial charge in [0.2, 0.25) is 0 Å². The summed E-state index contributed by atoms with van der Waals surface area (Å²) in [4.78, 5) is 20.9. The molecule has 1 aromatic heterocycles. The van der Waals surface area contributed by atoms with Crippen molar-refractivity contribution in [2.24, 2.45) is 4.99 Å². The number of nitrogens with zero attached hydrogens (tertiary/aromatic N) is 3. The van der Waals surface area contributed by atoms with Crippen LogP contribution in [0.15, 0.2) is 65.1 Å². The zero-order valence-corrected chi connectivity index (χ0v) is 22.0. The molecule has 1 saturated heterocycles. The van der Waals surface area contributed by atoms with Gasteiger partial charge in [-0.15, -0.1) is 11.3 Å². The predicted molar refractivity (Wildman–Crippen MR) is 138 cm³/mol. The van der Waals surface area contributed by atoms with Crippen molar-refractivity contribution >= 4 is 50.1 Å². The molecule has 2 aromatic carbocycles. The molecule has 5 rings (SSSR count). The molecule has 2 aliphatic rings. The first-order valence-corrected chi connectivity index (χ1v) is 14.2. The van der Waals surface area contributed by atoms with Crippen LogP contribution in [0, 0.1) is 0 Å². The molecule has 0 aliphatic carbocycles. The highest BCUT2D eigenvalue weighted by Gasteiger charge is 2.50. The Labute approximate surface area is 225 Å². The number of nitrogens with one attached hydrogen (secondary N) is 1. The molecule has 0 spiro atoms. The number of hydrogen-bond acceptors (Lipinski definition) is 6. The highest BCUT2D eigenvalue weighted by Crippen LogP contribution is 2.29. The van der Waals surface area contributed by atoms with Gasteiger partial charge >= 0.3 is 15.5 Å². The van der Waals surface area contributed by atoms with Crippen molar-refractivity contribution in [3.63, 3.8) is 0 Å². The summed E-state index contributed by atoms with van der Waals surface area (Å²) in [6.07, 6.45) is 3.35. The van der Waals surface area contributed by atoms with Crippen LogP contribution < -0.4 is 15.9 Å². The molecule has 2 aliphatic heterocycles. The van der Waals surface area contributed by atoms with Gasteiger partial charge in [-0.1, -0.05) is 29.8 Å². The maximum Gasteiger partial charge on any atom is 0.511 e. The van der Waals surface area contributed by atoms with Crippen molar-refractivity contribution in [3.05, 3.63) is 91.9 Å². The van der Waals surface area contributed by atoms with Gasteiger partial charge in [0.1, 0.15) is 5.01 Å². The fraction of sp³-hybridized carbons (Fsp3) is 0.240. The Hall–Kier alpha value is -3.06. The lowest BCUT2D eigenvalue weighted by atomic mass is 9.99. The number of sulfonamides is 1. The van der Waals surface area contributed by atoms with Crippen LogP contribution in [0.2, 0.25) is 5.02 Å². The zero-order valence-electron chi connectivity index (χ0n) is 19.6. The minimum atomic E-state index is -5.37. The molecule has 0 atom stereocenters. The summed E-state index contributed by atoms with van der Waals surface area (Å²) in [6.45, 7) is -0.562. The van der Waals surface area contributed by atoms with Crippen LogP contribution in [-0.4, -0.2) is 48.3 Å². The van der Waals surface area contributed by atoms with Gasteiger partial charge in [-0.2, -0.15) is 17.5 Å². The van der Waals surface area contributed by atoms with E-state index in [1.165, 1.54) is 17.4 Å². The van der Waals surface area contributed by atoms with Crippen molar-refractivity contribution < 1.29 is 26.4 Å². The molecular weight excluding hydrogens is 561 g/mol. The molecule has 198 valence electrons. The number of hydrogen-bond donors (Lipinski definition) is 1. The van der Waals surface area contributed by atoms with Gasteiger partial charge < -0.3 is 5.32 Å². The van der Waals surface area contributed by atoms with Crippen molar-refractivity contribution in [1.29, 1.82) is 0 Å². The van der Waals surface area contributed by atoms with Crippen molar-refractivity contribution in [2.45, 2.75) is 24.4 Å². The van der Waals surface area contributed by atoms with E-state index >= 15 is 0 Å². The molecule has 3 aromatic rings. The molecule has 0 bridgehead atoms. The normalized spacial score (nSPS) is 17.9. The van der Waals surface area contributed by atoms with Crippen LogP contribution in [-0.2, 0) is 14.8 Å². The third-order valence-electron chi connectivity index (χ3n) is 6.30. The molecule has 3 heterocycles. The van der Waals surface area contributed by atoms with E-state index in [0.717, 1.165) is 21.4 Å². The highest BCUT2D eigenvalue weighted by atomic mass is 35.5. The molecule has 1 fully saturated rings. The number of amides is 1. The number of alkyl halides is 3. The Balaban J connectivity index is 1.48. The largest absolute Gasteiger partial charge is 0.511 e. The van der Waals surface area contributed by atoms with Gasteiger partial charge in [-0.05, 0) is 47.9 Å². The zero-order chi connectivity index (χ0) is 27.1. The van der Waals surface area contributed by atoms with Crippen LogP contribution in [0.3, 0.4) is 0 Å². The summed E-state index contributed by atoms with van der Waals surface area (Å²) in [5.74, 6) is -0.466. The van der Waals surface area contributed by atoms with Gasteiger partial charge in [0, 0.05) is 58.6 Å². The van der Waals surface area contributed by atoms with Crippen molar-refractivity contribution in [3.8, 4) is 0 Å². The molecule has 13 heteroatoms. The van der Waals surface area contributed by atoms with Crippen LogP contribution in [0.1, 0.15) is 29.0 Å². The summed E-state index contributed by atoms with van der Waals surface area (Å²) in [6, 6.07) is 12.5. The van der Waals surface area contributed by atoms with Crippen LogP contribution in [0.5, 0.6) is 0 Å². The van der Waals surface area contributed by atoms with E-state index in [-0.39, 0.29) is 32.0 Å². The fourth-order valence-electron chi connectivity index (χ4n) is 4.46. The first-order valence-electron chi connectivity index (χ1n) is 11.5. The molecule has 1 amide bonds. The molecular formula is C25H20ClF3N4O3S2. The van der Waals surface area contributed by atoms with Crippen molar-refractivity contribution in [1.82, 2.24) is 14.6 Å². The molecule has 0 radical (unpaired) electrons. The second-order valence-corrected chi connectivity index (χ2v) is 12.0. The Morgan fingerprint density at radius 3 is 2.45 bits per heavy atom. The quantitative estimate of drug-likeness (QED) is 0.499. The second kappa shape index (κ2) is 10.3. The average molecular weight is 581 g/mol. The number of piperidine rings is 1. The third-order valence-corrected chi connectivity index (χ3v) is 8.97. The Kier molecular flexibility index (Phi) is 7.16. The van der Waals surface area contributed by atoms with E-state index in [9.17, 15) is 26.4 Å².